The number of hydrogen-bond acceptors (Lipinski definition) is 4. The minimum absolute atomic E-state index is 0.139. The Bertz CT molecular complexity index is 59.3. The molecular weight excluding hydrogens is 148 g/mol. The standard InChI is InChI=1S/C4H8O2.C3H8O2/c1-2-6-4-3-5-1;1-3(5)2-4/h1-4H2;3-5H,2H2,1H3. The van der Waals surface area contributed by atoms with Crippen LogP contribution in [0.5, 0.6) is 0 Å². The van der Waals surface area contributed by atoms with Crippen LogP contribution in [0, 0.1) is 0 Å². The molecule has 11 heavy (non-hydrogen) atoms. The molecule has 1 aliphatic rings. The van der Waals surface area contributed by atoms with Crippen molar-refractivity contribution in [2.75, 3.05) is 33.0 Å². The molecule has 0 amide bonds. The summed E-state index contributed by atoms with van der Waals surface area (Å²) in [6.45, 7) is 4.50. The van der Waals surface area contributed by atoms with Crippen molar-refractivity contribution in [2.45, 2.75) is 13.0 Å². The second-order valence-electron chi connectivity index (χ2n) is 2.26. The van der Waals surface area contributed by atoms with Gasteiger partial charge in [-0.1, -0.05) is 0 Å². The van der Waals surface area contributed by atoms with Crippen LogP contribution in [0.4, 0.5) is 0 Å². The lowest BCUT2D eigenvalue weighted by atomic mass is 10.5. The summed E-state index contributed by atoms with van der Waals surface area (Å²) in [6, 6.07) is 0. The molecule has 0 aromatic carbocycles. The third-order valence-electron chi connectivity index (χ3n) is 1.01. The van der Waals surface area contributed by atoms with Gasteiger partial charge in [-0.05, 0) is 6.92 Å². The Kier molecular flexibility index (Phi) is 7.83. The highest BCUT2D eigenvalue weighted by Crippen LogP contribution is 1.85. The molecule has 1 atom stereocenters. The summed E-state index contributed by atoms with van der Waals surface area (Å²) >= 11 is 0. The number of aliphatic hydroxyl groups excluding tert-OH is 2. The van der Waals surface area contributed by atoms with E-state index in [2.05, 4.69) is 0 Å². The number of hydrogen-bond donors (Lipinski definition) is 2. The first-order valence-electron chi connectivity index (χ1n) is 3.71. The van der Waals surface area contributed by atoms with E-state index in [9.17, 15) is 0 Å². The Morgan fingerprint density at radius 3 is 1.55 bits per heavy atom. The highest BCUT2D eigenvalue weighted by molar-refractivity contribution is 4.37. The lowest BCUT2D eigenvalue weighted by Gasteiger charge is -2.09. The molecule has 1 rings (SSSR count). The lowest BCUT2D eigenvalue weighted by molar-refractivity contribution is -0.0334. The predicted octanol–water partition coefficient (Wildman–Crippen LogP) is -0.607. The maximum absolute atomic E-state index is 8.11. The molecule has 1 saturated heterocycles. The fourth-order valence-corrected chi connectivity index (χ4v) is 0.440. The third kappa shape index (κ3) is 9.84. The molecule has 1 heterocycles. The minimum Gasteiger partial charge on any atom is -0.394 e. The Balaban J connectivity index is 0.000000187. The van der Waals surface area contributed by atoms with Crippen molar-refractivity contribution in [3.8, 4) is 0 Å². The molecular formula is C7H16O4. The largest absolute Gasteiger partial charge is 0.394 e. The molecule has 0 bridgehead atoms. The van der Waals surface area contributed by atoms with E-state index in [4.69, 9.17) is 19.7 Å². The smallest absolute Gasteiger partial charge is 0.0742 e. The van der Waals surface area contributed by atoms with Crippen molar-refractivity contribution in [2.24, 2.45) is 0 Å². The van der Waals surface area contributed by atoms with Crippen LogP contribution in [0.3, 0.4) is 0 Å². The first-order valence-corrected chi connectivity index (χ1v) is 3.71. The molecule has 1 aliphatic heterocycles. The van der Waals surface area contributed by atoms with Gasteiger partial charge in [-0.2, -0.15) is 0 Å². The van der Waals surface area contributed by atoms with Gasteiger partial charge < -0.3 is 19.7 Å². The topological polar surface area (TPSA) is 58.9 Å². The molecule has 68 valence electrons. The van der Waals surface area contributed by atoms with Gasteiger partial charge >= 0.3 is 0 Å². The summed E-state index contributed by atoms with van der Waals surface area (Å²) in [5.41, 5.74) is 0. The van der Waals surface area contributed by atoms with Gasteiger partial charge in [0.05, 0.1) is 39.1 Å². The van der Waals surface area contributed by atoms with Gasteiger partial charge in [0.15, 0.2) is 0 Å². The van der Waals surface area contributed by atoms with Gasteiger partial charge in [-0.3, -0.25) is 0 Å². The molecule has 1 fully saturated rings. The molecule has 2 N–H and O–H groups in total. The Labute approximate surface area is 66.7 Å². The molecule has 0 aromatic heterocycles. The van der Waals surface area contributed by atoms with Crippen molar-refractivity contribution in [3.05, 3.63) is 0 Å². The highest BCUT2D eigenvalue weighted by atomic mass is 16.6. The average Bonchev–Trinajstić information content (AvgIpc) is 2.09. The van der Waals surface area contributed by atoms with Crippen LogP contribution in [-0.4, -0.2) is 49.4 Å². The molecule has 0 saturated carbocycles. The second-order valence-corrected chi connectivity index (χ2v) is 2.26. The summed E-state index contributed by atoms with van der Waals surface area (Å²) in [4.78, 5) is 0. The normalized spacial score (nSPS) is 19.9. The van der Waals surface area contributed by atoms with Gasteiger partial charge in [0, 0.05) is 0 Å². The SMILES string of the molecule is C1COCCO1.CC(O)CO. The van der Waals surface area contributed by atoms with Crippen molar-refractivity contribution < 1.29 is 19.7 Å². The quantitative estimate of drug-likeness (QED) is 0.543. The fourth-order valence-electron chi connectivity index (χ4n) is 0.440. The van der Waals surface area contributed by atoms with E-state index in [1.54, 1.807) is 0 Å². The van der Waals surface area contributed by atoms with E-state index in [1.165, 1.54) is 6.92 Å². The number of rotatable bonds is 1. The van der Waals surface area contributed by atoms with E-state index in [0.717, 1.165) is 26.4 Å². The van der Waals surface area contributed by atoms with Crippen molar-refractivity contribution >= 4 is 0 Å². The van der Waals surface area contributed by atoms with Crippen LogP contribution in [-0.2, 0) is 9.47 Å². The molecule has 0 aromatic rings. The molecule has 0 aliphatic carbocycles. The Hall–Kier alpha value is -0.160. The second kappa shape index (κ2) is 7.94. The average molecular weight is 164 g/mol. The van der Waals surface area contributed by atoms with Gasteiger partial charge in [0.2, 0.25) is 0 Å². The first-order chi connectivity index (χ1) is 5.27. The molecule has 0 spiro atoms. The van der Waals surface area contributed by atoms with Crippen molar-refractivity contribution in [1.82, 2.24) is 0 Å². The molecule has 4 nitrogen and oxygen atoms in total. The van der Waals surface area contributed by atoms with Crippen LogP contribution in [0.2, 0.25) is 0 Å². The molecule has 4 heteroatoms. The summed E-state index contributed by atoms with van der Waals surface area (Å²) < 4.78 is 9.89. The van der Waals surface area contributed by atoms with Crippen LogP contribution < -0.4 is 0 Å². The van der Waals surface area contributed by atoms with Crippen LogP contribution in [0.25, 0.3) is 0 Å². The van der Waals surface area contributed by atoms with E-state index < -0.39 is 6.10 Å². The Morgan fingerprint density at radius 1 is 1.18 bits per heavy atom. The Morgan fingerprint density at radius 2 is 1.45 bits per heavy atom. The van der Waals surface area contributed by atoms with E-state index in [-0.39, 0.29) is 6.61 Å². The maximum Gasteiger partial charge on any atom is 0.0742 e. The van der Waals surface area contributed by atoms with E-state index in [0.29, 0.717) is 0 Å². The van der Waals surface area contributed by atoms with Crippen molar-refractivity contribution in [3.63, 3.8) is 0 Å². The summed E-state index contributed by atoms with van der Waals surface area (Å²) in [7, 11) is 0. The minimum atomic E-state index is -0.560. The van der Waals surface area contributed by atoms with E-state index >= 15 is 0 Å². The summed E-state index contributed by atoms with van der Waals surface area (Å²) in [5.74, 6) is 0. The predicted molar refractivity (Wildman–Crippen MR) is 40.4 cm³/mol. The maximum atomic E-state index is 8.11. The number of ether oxygens (including phenoxy) is 2. The monoisotopic (exact) mass is 164 g/mol. The van der Waals surface area contributed by atoms with Crippen LogP contribution >= 0.6 is 0 Å². The highest BCUT2D eigenvalue weighted by Gasteiger charge is 1.94. The lowest BCUT2D eigenvalue weighted by Crippen LogP contribution is -2.16. The van der Waals surface area contributed by atoms with Gasteiger partial charge in [0.1, 0.15) is 0 Å². The molecule has 1 unspecified atom stereocenters. The van der Waals surface area contributed by atoms with E-state index in [1.807, 2.05) is 0 Å². The van der Waals surface area contributed by atoms with Crippen LogP contribution in [0.15, 0.2) is 0 Å². The number of aliphatic hydroxyl groups is 2. The summed E-state index contributed by atoms with van der Waals surface area (Å²) in [5, 5.41) is 16.0. The molecule has 0 radical (unpaired) electrons. The van der Waals surface area contributed by atoms with Gasteiger partial charge in [-0.15, -0.1) is 0 Å². The summed E-state index contributed by atoms with van der Waals surface area (Å²) in [6.07, 6.45) is -0.560. The zero-order chi connectivity index (χ0) is 8.53. The zero-order valence-corrected chi connectivity index (χ0v) is 6.82. The van der Waals surface area contributed by atoms with Gasteiger partial charge in [0.25, 0.3) is 0 Å². The first kappa shape index (κ1) is 10.8. The zero-order valence-electron chi connectivity index (χ0n) is 6.82. The van der Waals surface area contributed by atoms with Crippen LogP contribution in [0.1, 0.15) is 6.92 Å². The van der Waals surface area contributed by atoms with Gasteiger partial charge in [-0.25, -0.2) is 0 Å². The van der Waals surface area contributed by atoms with Crippen molar-refractivity contribution in [1.29, 1.82) is 0 Å². The third-order valence-corrected chi connectivity index (χ3v) is 1.01. The fraction of sp³-hybridized carbons (Fsp3) is 1.00.